The largest absolute Gasteiger partial charge is 0.336 e. The van der Waals surface area contributed by atoms with Crippen molar-refractivity contribution in [1.82, 2.24) is 0 Å². The number of hydrogen-bond donors (Lipinski definition) is 0. The van der Waals surface area contributed by atoms with E-state index in [0.29, 0.717) is 0 Å². The minimum absolute atomic E-state index is 0.217. The van der Waals surface area contributed by atoms with Crippen LogP contribution >= 0.6 is 0 Å². The third-order valence-electron chi connectivity index (χ3n) is 0.760. The van der Waals surface area contributed by atoms with Crippen LogP contribution in [0.5, 0.6) is 0 Å². The Morgan fingerprint density at radius 3 is 2.70 bits per heavy atom. The second-order valence-electron chi connectivity index (χ2n) is 2.24. The highest BCUT2D eigenvalue weighted by molar-refractivity contribution is 5.69. The Hall–Kier alpha value is -1.15. The number of carbonyl (C=O) groups excluding carboxylic acids is 2. The maximum Gasteiger partial charge on any atom is 0.336 e. The van der Waals surface area contributed by atoms with Gasteiger partial charge in [0, 0.05) is 5.16 Å². The summed E-state index contributed by atoms with van der Waals surface area (Å²) in [5.74, 6) is -0.285. The first kappa shape index (κ1) is 8.85. The summed E-state index contributed by atoms with van der Waals surface area (Å²) in [5, 5.41) is 2.67. The molecule has 0 saturated heterocycles. The van der Waals surface area contributed by atoms with Crippen LogP contribution in [0.2, 0.25) is 0 Å². The zero-order valence-corrected chi connectivity index (χ0v) is 5.96. The van der Waals surface area contributed by atoms with Gasteiger partial charge in [-0.3, -0.25) is 0 Å². The van der Waals surface area contributed by atoms with E-state index in [4.69, 9.17) is 0 Å². The summed E-state index contributed by atoms with van der Waals surface area (Å²) >= 11 is 0. The van der Waals surface area contributed by atoms with Gasteiger partial charge in [0.05, 0.1) is 6.42 Å². The van der Waals surface area contributed by atoms with E-state index >= 15 is 0 Å². The van der Waals surface area contributed by atoms with E-state index < -0.39 is 5.97 Å². The molecule has 0 aliphatic carbocycles. The molecular weight excluding hydrogens is 134 g/mol. The first-order valence-electron chi connectivity index (χ1n) is 2.94. The molecule has 0 saturated carbocycles. The maximum absolute atomic E-state index is 10.5. The molecule has 0 fully saturated rings. The first-order valence-corrected chi connectivity index (χ1v) is 2.94. The minimum Gasteiger partial charge on any atom is -0.307 e. The molecule has 0 aliphatic rings. The Morgan fingerprint density at radius 2 is 2.30 bits per heavy atom. The second kappa shape index (κ2) is 4.70. The highest BCUT2D eigenvalue weighted by atomic mass is 16.7. The van der Waals surface area contributed by atoms with E-state index in [1.165, 1.54) is 0 Å². The molecule has 0 aromatic heterocycles. The predicted molar refractivity (Wildman–Crippen MR) is 33.7 cm³/mol. The molecule has 0 radical (unpaired) electrons. The van der Waals surface area contributed by atoms with Crippen LogP contribution in [0, 0.1) is 5.92 Å². The van der Waals surface area contributed by atoms with E-state index in [0.717, 1.165) is 6.08 Å². The summed E-state index contributed by atoms with van der Waals surface area (Å²) in [6.45, 7) is 3.73. The summed E-state index contributed by atoms with van der Waals surface area (Å²) < 4.78 is 0. The molecule has 0 unspecified atom stereocenters. The minimum atomic E-state index is -0.502. The van der Waals surface area contributed by atoms with Crippen molar-refractivity contribution in [2.24, 2.45) is 11.1 Å². The quantitative estimate of drug-likeness (QED) is 0.254. The third kappa shape index (κ3) is 5.00. The molecule has 0 aromatic carbocycles. The van der Waals surface area contributed by atoms with Gasteiger partial charge < -0.3 is 4.84 Å². The van der Waals surface area contributed by atoms with E-state index in [-0.39, 0.29) is 12.3 Å². The smallest absolute Gasteiger partial charge is 0.307 e. The predicted octanol–water partition coefficient (Wildman–Crippen LogP) is 0.827. The van der Waals surface area contributed by atoms with Crippen LogP contribution in [0.3, 0.4) is 0 Å². The van der Waals surface area contributed by atoms with E-state index in [1.807, 2.05) is 13.8 Å². The second-order valence-corrected chi connectivity index (χ2v) is 2.24. The van der Waals surface area contributed by atoms with Gasteiger partial charge in [0.15, 0.2) is 0 Å². The number of rotatable bonds is 3. The van der Waals surface area contributed by atoms with Gasteiger partial charge in [-0.1, -0.05) is 13.8 Å². The topological polar surface area (TPSA) is 55.7 Å². The molecule has 0 atom stereocenters. The molecule has 4 heteroatoms. The number of carbonyl (C=O) groups is 1. The summed E-state index contributed by atoms with van der Waals surface area (Å²) in [6.07, 6.45) is 1.37. The van der Waals surface area contributed by atoms with Crippen LogP contribution in [-0.2, 0) is 14.4 Å². The van der Waals surface area contributed by atoms with Gasteiger partial charge in [-0.2, -0.15) is 0 Å². The Morgan fingerprint density at radius 1 is 1.70 bits per heavy atom. The first-order chi connectivity index (χ1) is 4.66. The molecule has 0 bridgehead atoms. The van der Waals surface area contributed by atoms with Gasteiger partial charge >= 0.3 is 5.97 Å². The summed E-state index contributed by atoms with van der Waals surface area (Å²) in [5.41, 5.74) is 0. The monoisotopic (exact) mass is 143 g/mol. The van der Waals surface area contributed by atoms with E-state index in [1.54, 1.807) is 0 Å². The molecule has 10 heavy (non-hydrogen) atoms. The molecule has 0 amide bonds. The number of isocyanates is 1. The van der Waals surface area contributed by atoms with Crippen molar-refractivity contribution in [3.63, 3.8) is 0 Å². The highest BCUT2D eigenvalue weighted by Crippen LogP contribution is 2.00. The van der Waals surface area contributed by atoms with Gasteiger partial charge in [-0.05, 0) is 5.92 Å². The van der Waals surface area contributed by atoms with Crippen LogP contribution in [0.25, 0.3) is 0 Å². The average Bonchev–Trinajstić information content (AvgIpc) is 1.82. The molecule has 4 nitrogen and oxygen atoms in total. The molecule has 0 rings (SSSR count). The van der Waals surface area contributed by atoms with Crippen molar-refractivity contribution < 1.29 is 14.4 Å². The van der Waals surface area contributed by atoms with Crippen LogP contribution < -0.4 is 0 Å². The van der Waals surface area contributed by atoms with Crippen molar-refractivity contribution in [3.8, 4) is 0 Å². The zero-order chi connectivity index (χ0) is 7.98. The third-order valence-corrected chi connectivity index (χ3v) is 0.760. The Labute approximate surface area is 58.8 Å². The Bertz CT molecular complexity index is 158. The Balaban J connectivity index is 3.54. The summed E-state index contributed by atoms with van der Waals surface area (Å²) in [7, 11) is 0. The van der Waals surface area contributed by atoms with Gasteiger partial charge in [0.2, 0.25) is 0 Å². The molecular formula is C6H9NO3. The fraction of sp³-hybridized carbons (Fsp3) is 0.667. The maximum atomic E-state index is 10.5. The van der Waals surface area contributed by atoms with Gasteiger partial charge in [-0.15, -0.1) is 0 Å². The van der Waals surface area contributed by atoms with Crippen LogP contribution in [0.15, 0.2) is 5.16 Å². The molecule has 0 N–H and O–H groups in total. The number of nitrogens with zero attached hydrogens (tertiary/aromatic N) is 1. The van der Waals surface area contributed by atoms with Crippen LogP contribution in [-0.4, -0.2) is 12.0 Å². The lowest BCUT2D eigenvalue weighted by Gasteiger charge is -1.97. The normalized spacial score (nSPS) is 8.70. The van der Waals surface area contributed by atoms with Crippen molar-refractivity contribution in [3.05, 3.63) is 0 Å². The lowest BCUT2D eigenvalue weighted by atomic mass is 10.1. The molecule has 0 aromatic rings. The molecule has 0 spiro atoms. The molecule has 0 heterocycles. The van der Waals surface area contributed by atoms with Crippen molar-refractivity contribution in [1.29, 1.82) is 0 Å². The SMILES string of the molecule is CC(C)CC(=O)ON=C=O. The van der Waals surface area contributed by atoms with Gasteiger partial charge in [0.25, 0.3) is 6.08 Å². The fourth-order valence-electron chi connectivity index (χ4n) is 0.440. The van der Waals surface area contributed by atoms with E-state index in [9.17, 15) is 9.59 Å². The highest BCUT2D eigenvalue weighted by Gasteiger charge is 2.04. The number of hydrogen-bond acceptors (Lipinski definition) is 4. The zero-order valence-electron chi connectivity index (χ0n) is 5.96. The van der Waals surface area contributed by atoms with Gasteiger partial charge in [0.1, 0.15) is 0 Å². The fourth-order valence-corrected chi connectivity index (χ4v) is 0.440. The lowest BCUT2D eigenvalue weighted by molar-refractivity contribution is -0.144. The van der Waals surface area contributed by atoms with Crippen molar-refractivity contribution >= 4 is 12.0 Å². The Kier molecular flexibility index (Phi) is 4.16. The van der Waals surface area contributed by atoms with Crippen molar-refractivity contribution in [2.45, 2.75) is 20.3 Å². The standard InChI is InChI=1S/C6H9NO3/c1-5(2)3-6(9)10-7-4-8/h5H,3H2,1-2H3. The van der Waals surface area contributed by atoms with E-state index in [2.05, 4.69) is 9.99 Å². The molecule has 56 valence electrons. The lowest BCUT2D eigenvalue weighted by Crippen LogP contribution is -2.03. The molecule has 0 aliphatic heterocycles. The average molecular weight is 143 g/mol. The van der Waals surface area contributed by atoms with Crippen LogP contribution in [0.1, 0.15) is 20.3 Å². The summed E-state index contributed by atoms with van der Waals surface area (Å²) in [6, 6.07) is 0. The van der Waals surface area contributed by atoms with Crippen LogP contribution in [0.4, 0.5) is 0 Å². The van der Waals surface area contributed by atoms with Gasteiger partial charge in [-0.25, -0.2) is 9.59 Å². The van der Waals surface area contributed by atoms with Crippen molar-refractivity contribution in [2.75, 3.05) is 0 Å². The summed E-state index contributed by atoms with van der Waals surface area (Å²) in [4.78, 5) is 24.0.